The Morgan fingerprint density at radius 1 is 0.897 bits per heavy atom. The van der Waals surface area contributed by atoms with Crippen molar-refractivity contribution < 1.29 is 46.8 Å². The van der Waals surface area contributed by atoms with E-state index >= 15 is 0 Å². The van der Waals surface area contributed by atoms with Gasteiger partial charge in [-0.1, -0.05) is 29.8 Å². The number of benzene rings is 3. The predicted octanol–water partition coefficient (Wildman–Crippen LogP) is 5.89. The summed E-state index contributed by atoms with van der Waals surface area (Å²) in [5, 5.41) is 11.5. The number of nitrogens with zero attached hydrogens (tertiary/aromatic N) is 1. The van der Waals surface area contributed by atoms with Gasteiger partial charge >= 0.3 is 6.36 Å². The van der Waals surface area contributed by atoms with Crippen LogP contribution in [0.4, 0.5) is 18.9 Å². The van der Waals surface area contributed by atoms with E-state index in [0.29, 0.717) is 11.3 Å². The van der Waals surface area contributed by atoms with Crippen molar-refractivity contribution in [2.75, 3.05) is 26.2 Å². The molecule has 0 saturated carbocycles. The van der Waals surface area contributed by atoms with Gasteiger partial charge in [-0.3, -0.25) is 14.5 Å². The minimum Gasteiger partial charge on any atom is -0.507 e. The molecule has 4 rings (SSSR count). The summed E-state index contributed by atoms with van der Waals surface area (Å²) in [6.07, 6.45) is -4.98. The molecule has 1 heterocycles. The van der Waals surface area contributed by atoms with E-state index in [0.717, 1.165) is 17.0 Å². The predicted molar refractivity (Wildman–Crippen MR) is 135 cm³/mol. The van der Waals surface area contributed by atoms with E-state index in [4.69, 9.17) is 25.8 Å². The van der Waals surface area contributed by atoms with Gasteiger partial charge in [-0.2, -0.15) is 0 Å². The van der Waals surface area contributed by atoms with Gasteiger partial charge in [0, 0.05) is 17.8 Å². The Hall–Kier alpha value is -4.38. The van der Waals surface area contributed by atoms with Gasteiger partial charge in [-0.15, -0.1) is 13.2 Å². The maximum atomic E-state index is 13.4. The van der Waals surface area contributed by atoms with Crippen LogP contribution in [0.1, 0.15) is 17.2 Å². The Labute approximate surface area is 225 Å². The van der Waals surface area contributed by atoms with Crippen molar-refractivity contribution in [3.8, 4) is 23.0 Å². The number of amides is 1. The molecule has 0 radical (unpaired) electrons. The van der Waals surface area contributed by atoms with Crippen LogP contribution in [0.3, 0.4) is 0 Å². The maximum absolute atomic E-state index is 13.4. The number of anilines is 1. The first kappa shape index (κ1) is 27.6. The molecule has 0 spiro atoms. The normalized spacial score (nSPS) is 16.8. The SMILES string of the molecule is COc1cccc(C2/C(=C(\O)c3cc(Cl)c(OC)cc3OC)C(=O)C(=O)N2c2cccc(OC(F)(F)F)c2)c1. The molecule has 3 aromatic carbocycles. The monoisotopic (exact) mass is 563 g/mol. The molecule has 204 valence electrons. The topological polar surface area (TPSA) is 94.5 Å². The van der Waals surface area contributed by atoms with Gasteiger partial charge in [-0.05, 0) is 35.9 Å². The highest BCUT2D eigenvalue weighted by Crippen LogP contribution is 2.45. The number of aliphatic hydroxyl groups is 1. The number of aliphatic hydroxyl groups excluding tert-OH is 1. The van der Waals surface area contributed by atoms with Gasteiger partial charge in [0.25, 0.3) is 11.7 Å². The molecule has 12 heteroatoms. The Morgan fingerprint density at radius 2 is 1.56 bits per heavy atom. The van der Waals surface area contributed by atoms with Crippen molar-refractivity contribution in [1.29, 1.82) is 0 Å². The molecule has 3 aromatic rings. The fourth-order valence-corrected chi connectivity index (χ4v) is 4.49. The van der Waals surface area contributed by atoms with Crippen LogP contribution in [0, 0.1) is 0 Å². The molecule has 1 unspecified atom stereocenters. The molecule has 1 atom stereocenters. The van der Waals surface area contributed by atoms with Crippen LogP contribution in [-0.4, -0.2) is 44.5 Å². The molecular weight excluding hydrogens is 543 g/mol. The second kappa shape index (κ2) is 10.8. The Morgan fingerprint density at radius 3 is 2.21 bits per heavy atom. The lowest BCUT2D eigenvalue weighted by atomic mass is 9.94. The third-order valence-electron chi connectivity index (χ3n) is 5.91. The minimum absolute atomic E-state index is 0.0108. The number of ketones is 1. The molecule has 0 aromatic heterocycles. The van der Waals surface area contributed by atoms with Crippen molar-refractivity contribution >= 4 is 34.7 Å². The van der Waals surface area contributed by atoms with Crippen LogP contribution in [-0.2, 0) is 9.59 Å². The quantitative estimate of drug-likeness (QED) is 0.218. The van der Waals surface area contributed by atoms with Crippen LogP contribution >= 0.6 is 11.6 Å². The molecule has 39 heavy (non-hydrogen) atoms. The summed E-state index contributed by atoms with van der Waals surface area (Å²) >= 11 is 6.26. The van der Waals surface area contributed by atoms with Gasteiger partial charge in [0.15, 0.2) is 0 Å². The first-order valence-corrected chi connectivity index (χ1v) is 11.6. The van der Waals surface area contributed by atoms with Crippen LogP contribution < -0.4 is 23.8 Å². The van der Waals surface area contributed by atoms with Crippen molar-refractivity contribution in [2.45, 2.75) is 12.4 Å². The van der Waals surface area contributed by atoms with E-state index in [1.54, 1.807) is 18.2 Å². The summed E-state index contributed by atoms with van der Waals surface area (Å²) in [6, 6.07) is 12.4. The highest BCUT2D eigenvalue weighted by atomic mass is 35.5. The number of halogens is 4. The Bertz CT molecular complexity index is 1470. The van der Waals surface area contributed by atoms with Gasteiger partial charge in [0.2, 0.25) is 0 Å². The summed E-state index contributed by atoms with van der Waals surface area (Å²) in [6.45, 7) is 0. The first-order chi connectivity index (χ1) is 18.5. The van der Waals surface area contributed by atoms with Crippen LogP contribution in [0.15, 0.2) is 66.2 Å². The third kappa shape index (κ3) is 5.44. The van der Waals surface area contributed by atoms with Crippen molar-refractivity contribution in [3.05, 3.63) is 82.4 Å². The number of Topliss-reactive ketones (excluding diaryl/α,β-unsaturated/α-hetero) is 1. The van der Waals surface area contributed by atoms with Crippen molar-refractivity contribution in [3.63, 3.8) is 0 Å². The fraction of sp³-hybridized carbons (Fsp3) is 0.185. The molecule has 1 fully saturated rings. The zero-order valence-electron chi connectivity index (χ0n) is 20.7. The van der Waals surface area contributed by atoms with E-state index in [2.05, 4.69) is 4.74 Å². The zero-order chi connectivity index (χ0) is 28.5. The molecule has 1 aliphatic rings. The lowest BCUT2D eigenvalue weighted by Gasteiger charge is -2.26. The molecule has 0 bridgehead atoms. The van der Waals surface area contributed by atoms with Gasteiger partial charge < -0.3 is 24.1 Å². The highest BCUT2D eigenvalue weighted by Gasteiger charge is 2.47. The minimum atomic E-state index is -4.98. The number of methoxy groups -OCH3 is 3. The highest BCUT2D eigenvalue weighted by molar-refractivity contribution is 6.51. The maximum Gasteiger partial charge on any atom is 0.573 e. The molecule has 1 amide bonds. The summed E-state index contributed by atoms with van der Waals surface area (Å²) in [4.78, 5) is 27.8. The van der Waals surface area contributed by atoms with E-state index in [1.165, 1.54) is 51.7 Å². The third-order valence-corrected chi connectivity index (χ3v) is 6.21. The summed E-state index contributed by atoms with van der Waals surface area (Å²) in [7, 11) is 4.12. The molecule has 8 nitrogen and oxygen atoms in total. The van der Waals surface area contributed by atoms with Gasteiger partial charge in [-0.25, -0.2) is 0 Å². The van der Waals surface area contributed by atoms with Crippen molar-refractivity contribution in [2.24, 2.45) is 0 Å². The number of ether oxygens (including phenoxy) is 4. The average molecular weight is 564 g/mol. The number of carbonyl (C=O) groups excluding carboxylic acids is 2. The smallest absolute Gasteiger partial charge is 0.507 e. The number of carbonyl (C=O) groups is 2. The van der Waals surface area contributed by atoms with Crippen LogP contribution in [0.25, 0.3) is 5.76 Å². The van der Waals surface area contributed by atoms with Crippen molar-refractivity contribution in [1.82, 2.24) is 0 Å². The van der Waals surface area contributed by atoms with Crippen LogP contribution in [0.2, 0.25) is 5.02 Å². The summed E-state index contributed by atoms with van der Waals surface area (Å²) in [5.74, 6) is -2.70. The molecule has 1 saturated heterocycles. The number of rotatable bonds is 7. The Kier molecular flexibility index (Phi) is 7.64. The lowest BCUT2D eigenvalue weighted by molar-refractivity contribution is -0.274. The molecule has 1 N–H and O–H groups in total. The molecule has 0 aliphatic carbocycles. The van der Waals surface area contributed by atoms with E-state index in [1.807, 2.05) is 0 Å². The lowest BCUT2D eigenvalue weighted by Crippen LogP contribution is -2.29. The zero-order valence-corrected chi connectivity index (χ0v) is 21.5. The number of hydrogen-bond acceptors (Lipinski definition) is 7. The second-order valence-corrected chi connectivity index (χ2v) is 8.59. The first-order valence-electron chi connectivity index (χ1n) is 11.2. The summed E-state index contributed by atoms with van der Waals surface area (Å²) < 4.78 is 58.5. The van der Waals surface area contributed by atoms with E-state index in [9.17, 15) is 27.9 Å². The Balaban J connectivity index is 1.97. The molecule has 1 aliphatic heterocycles. The fourth-order valence-electron chi connectivity index (χ4n) is 4.25. The number of hydrogen-bond donors (Lipinski definition) is 1. The van der Waals surface area contributed by atoms with E-state index in [-0.39, 0.29) is 33.3 Å². The van der Waals surface area contributed by atoms with Gasteiger partial charge in [0.05, 0.1) is 43.5 Å². The average Bonchev–Trinajstić information content (AvgIpc) is 3.17. The standard InChI is InChI=1S/C27H21ClF3NO7/c1-36-16-8-4-6-14(10-16)23-22(24(33)18-12-19(28)21(38-3)13-20(18)37-2)25(34)26(35)32(23)15-7-5-9-17(11-15)39-27(29,30)31/h4-13,23,33H,1-3H3/b24-22+. The van der Waals surface area contributed by atoms with E-state index < -0.39 is 35.6 Å². The van der Waals surface area contributed by atoms with Crippen LogP contribution in [0.5, 0.6) is 23.0 Å². The van der Waals surface area contributed by atoms with Gasteiger partial charge in [0.1, 0.15) is 28.8 Å². The molecular formula is C27H21ClF3NO7. The summed E-state index contributed by atoms with van der Waals surface area (Å²) in [5.41, 5.74) is -0.112. The largest absolute Gasteiger partial charge is 0.573 e. The second-order valence-electron chi connectivity index (χ2n) is 8.18. The number of alkyl halides is 3.